The van der Waals surface area contributed by atoms with Crippen LogP contribution in [0.5, 0.6) is 0 Å². The van der Waals surface area contributed by atoms with Gasteiger partial charge in [-0.2, -0.15) is 3.63 Å². The van der Waals surface area contributed by atoms with Gasteiger partial charge in [-0.1, -0.05) is 0 Å². The van der Waals surface area contributed by atoms with E-state index in [4.69, 9.17) is 0 Å². The molecule has 0 unspecified atom stereocenters. The fourth-order valence-electron chi connectivity index (χ4n) is 0.102. The number of rotatable bonds is 2. The summed E-state index contributed by atoms with van der Waals surface area (Å²) < 4.78 is 58.2. The van der Waals surface area contributed by atoms with E-state index >= 15 is 0 Å². The molecule has 0 aliphatic heterocycles. The summed E-state index contributed by atoms with van der Waals surface area (Å²) in [6, 6.07) is 0. The monoisotopic (exact) mass is 280 g/mol. The number of hydrogen-bond donors (Lipinski definition) is 0. The molecule has 0 saturated carbocycles. The summed E-state index contributed by atoms with van der Waals surface area (Å²) in [5.41, 5.74) is 0. The molecular weight excluding hydrogens is 281 g/mol. The molecule has 13 heavy (non-hydrogen) atoms. The molecule has 13 heteroatoms. The first-order chi connectivity index (χ1) is 3.71. The summed E-state index contributed by atoms with van der Waals surface area (Å²) in [6.45, 7) is 0. The Morgan fingerprint density at radius 2 is 0.923 bits per heavy atom. The molecule has 0 atom stereocenters. The largest absolute Gasteiger partial charge is 1.00 e. The van der Waals surface area contributed by atoms with E-state index in [1.807, 2.05) is 0 Å². The molecule has 0 aromatic carbocycles. The van der Waals surface area contributed by atoms with Crippen molar-refractivity contribution in [3.8, 4) is 0 Å². The molecule has 0 heterocycles. The minimum atomic E-state index is -5.43. The fraction of sp³-hybridized carbons (Fsp3) is 0. The third kappa shape index (κ3) is 31.3. The maximum absolute atomic E-state index is 9.29. The first kappa shape index (κ1) is 29.8. The van der Waals surface area contributed by atoms with Gasteiger partial charge < -0.3 is 21.5 Å². The van der Waals surface area contributed by atoms with E-state index in [1.54, 1.807) is 0 Å². The van der Waals surface area contributed by atoms with Crippen LogP contribution in [0, 0.1) is 0 Å². The van der Waals surface area contributed by atoms with Crippen molar-refractivity contribution in [2.24, 2.45) is 0 Å². The van der Waals surface area contributed by atoms with Crippen molar-refractivity contribution in [3.05, 3.63) is 0 Å². The average molecular weight is 281 g/mol. The zero-order chi connectivity index (χ0) is 7.71. The van der Waals surface area contributed by atoms with E-state index in [0.29, 0.717) is 0 Å². The van der Waals surface area contributed by atoms with Crippen molar-refractivity contribution in [1.82, 2.24) is 0 Å². The van der Waals surface area contributed by atoms with Crippen molar-refractivity contribution in [2.75, 3.05) is 0 Å². The first-order valence-corrected chi connectivity index (χ1v) is 4.00. The predicted octanol–water partition coefficient (Wildman–Crippen LogP) is -14.1. The van der Waals surface area contributed by atoms with Gasteiger partial charge in [0.05, 0.1) is 0 Å². The molecule has 64 valence electrons. The van der Waals surface area contributed by atoms with Crippen LogP contribution < -0.4 is 101 Å². The van der Waals surface area contributed by atoms with Crippen LogP contribution in [0.4, 0.5) is 0 Å². The van der Waals surface area contributed by atoms with Gasteiger partial charge in [-0.05, 0) is 0 Å². The molecule has 0 aliphatic rings. The van der Waals surface area contributed by atoms with Crippen LogP contribution in [0.15, 0.2) is 0 Å². The summed E-state index contributed by atoms with van der Waals surface area (Å²) >= 11 is 0. The minimum absolute atomic E-state index is 0. The van der Waals surface area contributed by atoms with Crippen LogP contribution in [0.2, 0.25) is 0 Å². The van der Waals surface area contributed by atoms with Crippen LogP contribution in [0.1, 0.15) is 0 Å². The summed E-state index contributed by atoms with van der Waals surface area (Å²) in [5.74, 6) is 0. The van der Waals surface area contributed by atoms with E-state index in [9.17, 15) is 25.9 Å². The average Bonchev–Trinajstić information content (AvgIpc) is 1.14. The Labute approximate surface area is 149 Å². The fourth-order valence-corrected chi connectivity index (χ4v) is 0.919. The molecule has 0 fully saturated rings. The summed E-state index contributed by atoms with van der Waals surface area (Å²) in [6.07, 6.45) is 0. The van der Waals surface area contributed by atoms with Crippen LogP contribution in [0.25, 0.3) is 0 Å². The van der Waals surface area contributed by atoms with Gasteiger partial charge in [-0.25, -0.2) is 16.8 Å². The van der Waals surface area contributed by atoms with Crippen molar-refractivity contribution < 1.29 is 131 Å². The van der Waals surface area contributed by atoms with Crippen LogP contribution in [-0.4, -0.2) is 25.9 Å². The second kappa shape index (κ2) is 11.6. The van der Waals surface area contributed by atoms with E-state index in [-0.39, 0.29) is 101 Å². The Kier molecular flexibility index (Phi) is 26.5. The van der Waals surface area contributed by atoms with Gasteiger partial charge in [-0.15, -0.1) is 0 Å². The molecule has 0 saturated heterocycles. The normalized spacial score (nSPS) is 9.38. The third-order valence-electron chi connectivity index (χ3n) is 0.167. The van der Waals surface area contributed by atoms with Gasteiger partial charge in [0.2, 0.25) is 20.8 Å². The van der Waals surface area contributed by atoms with Gasteiger partial charge in [0, 0.05) is 0 Å². The topological polar surface area (TPSA) is 124 Å². The molecule has 0 rings (SSSR count). The van der Waals surface area contributed by atoms with Crippen molar-refractivity contribution in [3.63, 3.8) is 0 Å². The zero-order valence-electron chi connectivity index (χ0n) is 7.05. The quantitative estimate of drug-likeness (QED) is 0.279. The summed E-state index contributed by atoms with van der Waals surface area (Å²) in [4.78, 5) is 0. The van der Waals surface area contributed by atoms with E-state index in [2.05, 4.69) is 3.63 Å². The van der Waals surface area contributed by atoms with Gasteiger partial charge in [0.25, 0.3) is 0 Å². The Bertz CT molecular complexity index is 247. The summed E-state index contributed by atoms with van der Waals surface area (Å²) in [5, 5.41) is 0. The Balaban J connectivity index is -0.0000000533. The summed E-state index contributed by atoms with van der Waals surface area (Å²) in [7, 11) is -10.9. The molecule has 0 aromatic heterocycles. The van der Waals surface area contributed by atoms with Crippen LogP contribution in [0.3, 0.4) is 0 Å². The van der Waals surface area contributed by atoms with Crippen molar-refractivity contribution in [2.45, 2.75) is 0 Å². The van der Waals surface area contributed by atoms with Gasteiger partial charge in [0.1, 0.15) is 0 Å². The molecule has 0 spiro atoms. The van der Waals surface area contributed by atoms with E-state index in [1.165, 1.54) is 0 Å². The maximum Gasteiger partial charge on any atom is 1.00 e. The predicted molar refractivity (Wildman–Crippen MR) is 20.5 cm³/mol. The zero-order valence-corrected chi connectivity index (χ0v) is 15.4. The van der Waals surface area contributed by atoms with Crippen LogP contribution in [-0.2, 0) is 24.4 Å². The van der Waals surface area contributed by atoms with E-state index < -0.39 is 20.8 Å². The maximum atomic E-state index is 9.29. The number of halogens is 1. The smallest absolute Gasteiger partial charge is 1.00 e. The Morgan fingerprint density at radius 1 is 0.769 bits per heavy atom. The molecule has 7 nitrogen and oxygen atoms in total. The van der Waals surface area contributed by atoms with Gasteiger partial charge >= 0.3 is 88.7 Å². The number of hydrogen-bond acceptors (Lipinski definition) is 7. The minimum Gasteiger partial charge on any atom is -1.00 e. The van der Waals surface area contributed by atoms with E-state index in [0.717, 1.165) is 0 Å². The molecule has 0 radical (unpaired) electrons. The van der Waals surface area contributed by atoms with Gasteiger partial charge in [-0.3, -0.25) is 0 Å². The van der Waals surface area contributed by atoms with Crippen molar-refractivity contribution >= 4 is 20.8 Å². The van der Waals surface area contributed by atoms with Gasteiger partial charge in [0.15, 0.2) is 0 Å². The standard InChI is InChI=1S/ClH.3Na.H2O7S2/c;;;;1-8(2,3)7-9(4,5)6/h1H;;;;(H,1,2,3)(H,4,5,6)/q;3*+1;/p-3. The third-order valence-corrected chi connectivity index (χ3v) is 1.50. The SMILES string of the molecule is O=S(=O)([O-])OS(=O)(=O)[O-].[Cl-].[Na+].[Na+].[Na+]. The first-order valence-electron chi connectivity index (χ1n) is 1.33. The van der Waals surface area contributed by atoms with Crippen molar-refractivity contribution in [1.29, 1.82) is 0 Å². The molecule has 0 bridgehead atoms. The molecule has 0 aromatic rings. The molecular formula is ClNa3O7S2. The Hall–Kier alpha value is 3.07. The van der Waals surface area contributed by atoms with Crippen LogP contribution >= 0.6 is 0 Å². The molecule has 0 amide bonds. The Morgan fingerprint density at radius 3 is 0.923 bits per heavy atom. The second-order valence-corrected chi connectivity index (χ2v) is 3.06. The second-order valence-electron chi connectivity index (χ2n) is 0.885. The molecule has 0 aliphatic carbocycles. The molecule has 0 N–H and O–H groups in total.